The molecule has 0 aliphatic rings. The summed E-state index contributed by atoms with van der Waals surface area (Å²) in [7, 11) is 0. The summed E-state index contributed by atoms with van der Waals surface area (Å²) in [5, 5.41) is 0.395. The van der Waals surface area contributed by atoms with Crippen molar-refractivity contribution in [3.05, 3.63) is 28.8 Å². The van der Waals surface area contributed by atoms with E-state index in [1.54, 1.807) is 25.1 Å². The van der Waals surface area contributed by atoms with Crippen molar-refractivity contribution in [1.29, 1.82) is 0 Å². The van der Waals surface area contributed by atoms with Crippen molar-refractivity contribution in [3.63, 3.8) is 0 Å². The van der Waals surface area contributed by atoms with Crippen LogP contribution in [0.15, 0.2) is 18.2 Å². The van der Waals surface area contributed by atoms with E-state index in [2.05, 4.69) is 0 Å². The number of thiocarbonyl (C=S) groups is 1. The second-order valence-corrected chi connectivity index (χ2v) is 4.47. The van der Waals surface area contributed by atoms with E-state index in [1.165, 1.54) is 0 Å². The van der Waals surface area contributed by atoms with E-state index in [1.807, 2.05) is 0 Å². The van der Waals surface area contributed by atoms with Gasteiger partial charge >= 0.3 is 0 Å². The molecule has 0 aliphatic carbocycles. The van der Waals surface area contributed by atoms with Gasteiger partial charge in [-0.2, -0.15) is 0 Å². The van der Waals surface area contributed by atoms with Gasteiger partial charge in [-0.25, -0.2) is 0 Å². The predicted octanol–water partition coefficient (Wildman–Crippen LogP) is 1.47. The number of benzene rings is 1. The highest BCUT2D eigenvalue weighted by molar-refractivity contribution is 7.80. The lowest BCUT2D eigenvalue weighted by Gasteiger charge is -2.11. The third-order valence-corrected chi connectivity index (χ3v) is 2.72. The van der Waals surface area contributed by atoms with Crippen LogP contribution in [-0.4, -0.2) is 17.5 Å². The molecule has 17 heavy (non-hydrogen) atoms. The minimum Gasteiger partial charge on any atom is -0.491 e. The molecule has 1 atom stereocenters. The van der Waals surface area contributed by atoms with Crippen LogP contribution in [0.4, 0.5) is 0 Å². The summed E-state index contributed by atoms with van der Waals surface area (Å²) in [5.41, 5.74) is 11.2. The Bertz CT molecular complexity index is 451. The minimum atomic E-state index is -0.416. The molecule has 6 heteroatoms. The largest absolute Gasteiger partial charge is 0.491 e. The first-order chi connectivity index (χ1) is 7.91. The number of carbonyl (C=O) groups excluding carboxylic acids is 1. The zero-order valence-electron chi connectivity index (χ0n) is 9.27. The van der Waals surface area contributed by atoms with E-state index < -0.39 is 5.91 Å². The lowest BCUT2D eigenvalue weighted by Crippen LogP contribution is -2.25. The summed E-state index contributed by atoms with van der Waals surface area (Å²) in [4.78, 5) is 11.1. The van der Waals surface area contributed by atoms with E-state index in [0.717, 1.165) is 0 Å². The van der Waals surface area contributed by atoms with Gasteiger partial charge in [-0.15, -0.1) is 0 Å². The molecule has 4 nitrogen and oxygen atoms in total. The molecule has 92 valence electrons. The molecule has 0 spiro atoms. The first-order valence-corrected chi connectivity index (χ1v) is 5.72. The van der Waals surface area contributed by atoms with Gasteiger partial charge in [-0.05, 0) is 18.2 Å². The van der Waals surface area contributed by atoms with Gasteiger partial charge in [0.25, 0.3) is 0 Å². The summed E-state index contributed by atoms with van der Waals surface area (Å²) in [6, 6.07) is 4.98. The zero-order valence-corrected chi connectivity index (χ0v) is 10.8. The summed E-state index contributed by atoms with van der Waals surface area (Å²) in [6.45, 7) is 1.86. The first kappa shape index (κ1) is 13.7. The number of nitrogens with two attached hydrogens (primary N) is 2. The summed E-state index contributed by atoms with van der Waals surface area (Å²) >= 11 is 10.8. The molecular formula is C11H13ClN2O2S. The normalized spacial score (nSPS) is 11.9. The van der Waals surface area contributed by atoms with Gasteiger partial charge in [0.05, 0.1) is 17.5 Å². The molecule has 1 rings (SSSR count). The monoisotopic (exact) mass is 272 g/mol. The highest BCUT2D eigenvalue weighted by atomic mass is 35.5. The van der Waals surface area contributed by atoms with Crippen molar-refractivity contribution >= 4 is 34.7 Å². The fourth-order valence-electron chi connectivity index (χ4n) is 1.07. The number of halogens is 1. The lowest BCUT2D eigenvalue weighted by atomic mass is 10.2. The maximum absolute atomic E-state index is 10.8. The quantitative estimate of drug-likeness (QED) is 0.796. The number of primary amides is 1. The van der Waals surface area contributed by atoms with Crippen molar-refractivity contribution in [2.24, 2.45) is 17.4 Å². The van der Waals surface area contributed by atoms with Gasteiger partial charge in [0.2, 0.25) is 5.91 Å². The van der Waals surface area contributed by atoms with E-state index in [-0.39, 0.29) is 17.5 Å². The molecule has 0 radical (unpaired) electrons. The van der Waals surface area contributed by atoms with Crippen molar-refractivity contribution in [2.75, 3.05) is 6.61 Å². The van der Waals surface area contributed by atoms with Gasteiger partial charge in [-0.3, -0.25) is 4.79 Å². The molecule has 0 aromatic heterocycles. The van der Waals surface area contributed by atoms with Gasteiger partial charge in [0.15, 0.2) is 0 Å². The van der Waals surface area contributed by atoms with Crippen LogP contribution in [0.3, 0.4) is 0 Å². The summed E-state index contributed by atoms with van der Waals surface area (Å²) in [6.07, 6.45) is 0. The van der Waals surface area contributed by atoms with E-state index in [9.17, 15) is 4.79 Å². The highest BCUT2D eigenvalue weighted by Crippen LogP contribution is 2.25. The summed E-state index contributed by atoms with van der Waals surface area (Å²) < 4.78 is 5.38. The topological polar surface area (TPSA) is 78.3 Å². The Morgan fingerprint density at radius 2 is 2.18 bits per heavy atom. The lowest BCUT2D eigenvalue weighted by molar-refractivity contribution is -0.122. The molecular weight excluding hydrogens is 260 g/mol. The molecule has 4 N–H and O–H groups in total. The van der Waals surface area contributed by atoms with E-state index in [4.69, 9.17) is 40.0 Å². The van der Waals surface area contributed by atoms with Crippen LogP contribution < -0.4 is 16.2 Å². The van der Waals surface area contributed by atoms with Crippen molar-refractivity contribution in [3.8, 4) is 5.75 Å². The first-order valence-electron chi connectivity index (χ1n) is 4.93. The third-order valence-electron chi connectivity index (χ3n) is 2.19. The predicted molar refractivity (Wildman–Crippen MR) is 71.2 cm³/mol. The Morgan fingerprint density at radius 3 is 2.65 bits per heavy atom. The number of rotatable bonds is 5. The fraction of sp³-hybridized carbons (Fsp3) is 0.273. The maximum atomic E-state index is 10.8. The van der Waals surface area contributed by atoms with E-state index in [0.29, 0.717) is 16.3 Å². The van der Waals surface area contributed by atoms with Gasteiger partial charge in [0, 0.05) is 5.56 Å². The molecule has 0 saturated heterocycles. The van der Waals surface area contributed by atoms with Crippen LogP contribution in [-0.2, 0) is 4.79 Å². The molecule has 0 heterocycles. The molecule has 0 fully saturated rings. The smallest absolute Gasteiger partial charge is 0.223 e. The number of carbonyl (C=O) groups is 1. The molecule has 0 aliphatic heterocycles. The molecule has 1 aromatic rings. The number of hydrogen-bond acceptors (Lipinski definition) is 3. The number of ether oxygens (including phenoxy) is 1. The van der Waals surface area contributed by atoms with Crippen LogP contribution in [0.1, 0.15) is 12.5 Å². The van der Waals surface area contributed by atoms with Crippen LogP contribution in [0, 0.1) is 5.92 Å². The SMILES string of the molecule is CC(COc1ccc(C(N)=S)cc1Cl)C(N)=O. The van der Waals surface area contributed by atoms with Gasteiger partial charge < -0.3 is 16.2 Å². The van der Waals surface area contributed by atoms with Crippen molar-refractivity contribution in [1.82, 2.24) is 0 Å². The van der Waals surface area contributed by atoms with Crippen LogP contribution >= 0.6 is 23.8 Å². The van der Waals surface area contributed by atoms with Crippen LogP contribution in [0.2, 0.25) is 5.02 Å². The number of hydrogen-bond donors (Lipinski definition) is 2. The Balaban J connectivity index is 2.73. The molecule has 1 aromatic carbocycles. The third kappa shape index (κ3) is 3.87. The minimum absolute atomic E-state index is 0.182. The summed E-state index contributed by atoms with van der Waals surface area (Å²) in [5.74, 6) is -0.318. The molecule has 0 bridgehead atoms. The second-order valence-electron chi connectivity index (χ2n) is 3.62. The van der Waals surface area contributed by atoms with Crippen LogP contribution in [0.5, 0.6) is 5.75 Å². The molecule has 1 amide bonds. The van der Waals surface area contributed by atoms with Gasteiger partial charge in [-0.1, -0.05) is 30.7 Å². The average Bonchev–Trinajstić information content (AvgIpc) is 2.26. The fourth-order valence-corrected chi connectivity index (χ4v) is 1.43. The second kappa shape index (κ2) is 5.84. The maximum Gasteiger partial charge on any atom is 0.223 e. The number of amides is 1. The van der Waals surface area contributed by atoms with Crippen molar-refractivity contribution in [2.45, 2.75) is 6.92 Å². The zero-order chi connectivity index (χ0) is 13.0. The average molecular weight is 273 g/mol. The molecule has 1 unspecified atom stereocenters. The Labute approximate surface area is 110 Å². The van der Waals surface area contributed by atoms with Crippen LogP contribution in [0.25, 0.3) is 0 Å². The standard InChI is InChI=1S/C11H13ClN2O2S/c1-6(10(13)15)5-16-9-3-2-7(11(14)17)4-8(9)12/h2-4,6H,5H2,1H3,(H2,13,15)(H2,14,17). The Kier molecular flexibility index (Phi) is 4.72. The van der Waals surface area contributed by atoms with Crippen molar-refractivity contribution < 1.29 is 9.53 Å². The van der Waals surface area contributed by atoms with E-state index >= 15 is 0 Å². The highest BCUT2D eigenvalue weighted by Gasteiger charge is 2.11. The molecule has 0 saturated carbocycles. The Hall–Kier alpha value is -1.33. The Morgan fingerprint density at radius 1 is 1.53 bits per heavy atom. The van der Waals surface area contributed by atoms with Gasteiger partial charge in [0.1, 0.15) is 10.7 Å².